The molecule has 2 rings (SSSR count). The molecule has 1 heterocycles. The largest absolute Gasteiger partial charge is 0.335 e. The smallest absolute Gasteiger partial charge is 0.221 e. The van der Waals surface area contributed by atoms with Crippen LogP contribution in [0.3, 0.4) is 0 Å². The van der Waals surface area contributed by atoms with Crippen LogP contribution in [0, 0.1) is 0 Å². The van der Waals surface area contributed by atoms with E-state index in [2.05, 4.69) is 43.0 Å². The minimum Gasteiger partial charge on any atom is -0.335 e. The van der Waals surface area contributed by atoms with Crippen molar-refractivity contribution in [3.8, 4) is 0 Å². The lowest BCUT2D eigenvalue weighted by atomic mass is 9.98. The first-order chi connectivity index (χ1) is 10.9. The molecule has 0 radical (unpaired) electrons. The molecule has 5 heteroatoms. The van der Waals surface area contributed by atoms with Crippen LogP contribution in [-0.2, 0) is 4.79 Å². The molecule has 0 bridgehead atoms. The fourth-order valence-electron chi connectivity index (χ4n) is 2.12. The summed E-state index contributed by atoms with van der Waals surface area (Å²) in [5, 5.41) is 6.95. The Balaban J connectivity index is 2.02. The Morgan fingerprint density at radius 2 is 1.83 bits per heavy atom. The molecule has 1 aromatic carbocycles. The Labute approximate surface area is 141 Å². The summed E-state index contributed by atoms with van der Waals surface area (Å²) in [6.45, 7) is 12.1. The van der Waals surface area contributed by atoms with Crippen molar-refractivity contribution in [3.63, 3.8) is 0 Å². The van der Waals surface area contributed by atoms with Gasteiger partial charge in [0.15, 0.2) is 5.13 Å². The molecule has 1 unspecified atom stereocenters. The van der Waals surface area contributed by atoms with Crippen LogP contribution in [0.5, 0.6) is 0 Å². The molecule has 1 aromatic heterocycles. The number of carbonyl (C=O) groups is 1. The van der Waals surface area contributed by atoms with Gasteiger partial charge in [0.2, 0.25) is 5.91 Å². The van der Waals surface area contributed by atoms with Crippen molar-refractivity contribution in [3.05, 3.63) is 53.2 Å². The Hall–Kier alpha value is -2.14. The molecule has 23 heavy (non-hydrogen) atoms. The molecule has 122 valence electrons. The average molecular weight is 329 g/mol. The van der Waals surface area contributed by atoms with Gasteiger partial charge in [-0.1, -0.05) is 39.5 Å². The highest BCUT2D eigenvalue weighted by Crippen LogP contribution is 2.29. The topological polar surface area (TPSA) is 54.0 Å². The van der Waals surface area contributed by atoms with Gasteiger partial charge in [0.25, 0.3) is 0 Å². The zero-order valence-corrected chi connectivity index (χ0v) is 14.8. The van der Waals surface area contributed by atoms with Gasteiger partial charge in [-0.3, -0.25) is 4.79 Å². The fourth-order valence-corrected chi connectivity index (χ4v) is 2.97. The molecule has 4 nitrogen and oxygen atoms in total. The zero-order valence-electron chi connectivity index (χ0n) is 14.0. The van der Waals surface area contributed by atoms with Crippen molar-refractivity contribution in [2.24, 2.45) is 0 Å². The lowest BCUT2D eigenvalue weighted by Gasteiger charge is -2.16. The van der Waals surface area contributed by atoms with Crippen LogP contribution in [0.4, 0.5) is 10.8 Å². The van der Waals surface area contributed by atoms with Crippen molar-refractivity contribution in [1.82, 2.24) is 4.98 Å². The summed E-state index contributed by atoms with van der Waals surface area (Å²) in [6, 6.07) is 7.82. The fraction of sp³-hybridized carbons (Fsp3) is 0.333. The Morgan fingerprint density at radius 1 is 1.17 bits per heavy atom. The van der Waals surface area contributed by atoms with E-state index in [0.29, 0.717) is 5.92 Å². The first-order valence-electron chi connectivity index (χ1n) is 7.66. The number of nitrogens with one attached hydrogen (secondary N) is 2. The monoisotopic (exact) mass is 329 g/mol. The van der Waals surface area contributed by atoms with E-state index in [-0.39, 0.29) is 11.8 Å². The van der Waals surface area contributed by atoms with Crippen LogP contribution in [0.2, 0.25) is 0 Å². The van der Waals surface area contributed by atoms with E-state index < -0.39 is 0 Å². The molecule has 0 aliphatic heterocycles. The Morgan fingerprint density at radius 3 is 2.35 bits per heavy atom. The summed E-state index contributed by atoms with van der Waals surface area (Å²) >= 11 is 1.66. The van der Waals surface area contributed by atoms with Gasteiger partial charge in [0.05, 0.1) is 0 Å². The van der Waals surface area contributed by atoms with Crippen LogP contribution in [0.1, 0.15) is 50.0 Å². The number of allylic oxidation sites excluding steroid dienone is 1. The molecule has 1 amide bonds. The number of aromatic nitrogens is 1. The first-order valence-corrected chi connectivity index (χ1v) is 8.47. The third-order valence-corrected chi connectivity index (χ3v) is 4.83. The normalized spacial score (nSPS) is 12.0. The van der Waals surface area contributed by atoms with Crippen LogP contribution >= 0.6 is 11.3 Å². The van der Waals surface area contributed by atoms with Gasteiger partial charge in [0, 0.05) is 35.3 Å². The second kappa shape index (κ2) is 7.42. The third-order valence-electron chi connectivity index (χ3n) is 3.61. The van der Waals surface area contributed by atoms with E-state index >= 15 is 0 Å². The molecule has 0 saturated carbocycles. The van der Waals surface area contributed by atoms with Gasteiger partial charge in [0.1, 0.15) is 0 Å². The van der Waals surface area contributed by atoms with Gasteiger partial charge < -0.3 is 10.6 Å². The number of carbonyl (C=O) groups excluding carboxylic acids is 1. The van der Waals surface area contributed by atoms with Crippen molar-refractivity contribution >= 4 is 28.1 Å². The van der Waals surface area contributed by atoms with Crippen LogP contribution in [0.25, 0.3) is 0 Å². The lowest BCUT2D eigenvalue weighted by molar-refractivity contribution is -0.114. The summed E-state index contributed by atoms with van der Waals surface area (Å²) in [7, 11) is 0. The highest BCUT2D eigenvalue weighted by Gasteiger charge is 2.12. The average Bonchev–Trinajstić information content (AvgIpc) is 2.95. The van der Waals surface area contributed by atoms with Crippen LogP contribution in [0.15, 0.2) is 42.7 Å². The van der Waals surface area contributed by atoms with Crippen LogP contribution < -0.4 is 10.6 Å². The summed E-state index contributed by atoms with van der Waals surface area (Å²) in [4.78, 5) is 16.7. The number of amides is 1. The standard InChI is InChI=1S/C18H23N3OS/c1-11(2)17-10-19-18(23-17)20-13(4)12(3)15-6-8-16(9-7-15)21-14(5)22/h6-12H,4H2,1-3,5H3,(H,19,20)(H,21,22). The minimum atomic E-state index is -0.0680. The quantitative estimate of drug-likeness (QED) is 0.788. The summed E-state index contributed by atoms with van der Waals surface area (Å²) in [6.07, 6.45) is 1.91. The zero-order chi connectivity index (χ0) is 17.0. The number of nitrogens with zero attached hydrogens (tertiary/aromatic N) is 1. The second-order valence-corrected chi connectivity index (χ2v) is 6.96. The Kier molecular flexibility index (Phi) is 5.55. The number of hydrogen-bond donors (Lipinski definition) is 2. The Bertz CT molecular complexity index is 689. The molecule has 1 atom stereocenters. The van der Waals surface area contributed by atoms with Gasteiger partial charge in [-0.2, -0.15) is 0 Å². The number of anilines is 2. The van der Waals surface area contributed by atoms with E-state index in [0.717, 1.165) is 22.1 Å². The highest BCUT2D eigenvalue weighted by atomic mass is 32.1. The van der Waals surface area contributed by atoms with E-state index in [1.165, 1.54) is 11.8 Å². The van der Waals surface area contributed by atoms with Crippen LogP contribution in [-0.4, -0.2) is 10.9 Å². The molecule has 2 aromatic rings. The van der Waals surface area contributed by atoms with Gasteiger partial charge in [-0.25, -0.2) is 4.98 Å². The number of rotatable bonds is 6. The SMILES string of the molecule is C=C(Nc1ncc(C(C)C)s1)C(C)c1ccc(NC(C)=O)cc1. The maximum Gasteiger partial charge on any atom is 0.221 e. The third kappa shape index (κ3) is 4.66. The predicted molar refractivity (Wildman–Crippen MR) is 98.1 cm³/mol. The first kappa shape index (κ1) is 17.2. The van der Waals surface area contributed by atoms with Crippen molar-refractivity contribution in [2.75, 3.05) is 10.6 Å². The number of hydrogen-bond acceptors (Lipinski definition) is 4. The molecule has 2 N–H and O–H groups in total. The molecule has 0 spiro atoms. The molecular formula is C18H23N3OS. The van der Waals surface area contributed by atoms with E-state index in [4.69, 9.17) is 0 Å². The van der Waals surface area contributed by atoms with Crippen molar-refractivity contribution in [1.29, 1.82) is 0 Å². The van der Waals surface area contributed by atoms with Crippen molar-refractivity contribution < 1.29 is 4.79 Å². The van der Waals surface area contributed by atoms with E-state index in [1.54, 1.807) is 11.3 Å². The number of benzene rings is 1. The summed E-state index contributed by atoms with van der Waals surface area (Å²) in [5.41, 5.74) is 2.84. The highest BCUT2D eigenvalue weighted by molar-refractivity contribution is 7.15. The molecule has 0 saturated heterocycles. The summed E-state index contributed by atoms with van der Waals surface area (Å²) in [5.74, 6) is 0.560. The maximum absolute atomic E-state index is 11.1. The predicted octanol–water partition coefficient (Wildman–Crippen LogP) is 4.95. The maximum atomic E-state index is 11.1. The molecular weight excluding hydrogens is 306 g/mol. The van der Waals surface area contributed by atoms with Gasteiger partial charge in [-0.15, -0.1) is 11.3 Å². The van der Waals surface area contributed by atoms with Gasteiger partial charge >= 0.3 is 0 Å². The molecule has 0 fully saturated rings. The van der Waals surface area contributed by atoms with E-state index in [1.807, 2.05) is 30.5 Å². The minimum absolute atomic E-state index is 0.0680. The van der Waals surface area contributed by atoms with E-state index in [9.17, 15) is 4.79 Å². The number of thiazole rings is 1. The summed E-state index contributed by atoms with van der Waals surface area (Å²) < 4.78 is 0. The molecule has 0 aliphatic carbocycles. The molecule has 0 aliphatic rings. The second-order valence-electron chi connectivity index (χ2n) is 5.90. The van der Waals surface area contributed by atoms with Crippen molar-refractivity contribution in [2.45, 2.75) is 39.5 Å². The lowest BCUT2D eigenvalue weighted by Crippen LogP contribution is -2.08. The van der Waals surface area contributed by atoms with Gasteiger partial charge in [-0.05, 0) is 23.6 Å².